The standard InChI is InChI=1S/C32H26Cl2N2O7S/c1-4-42-31(40)26-17(2)35-32-36(27(26)20-8-10-22(33)11-9-20)29(37)25(44-32)15-19-13-23(34)28(24(14-19)41-3)43-16-18-6-5-7-21(12-18)30(38)39/h5-15,27H,4,16H2,1-3H3,(H,38,39)/b25-15+/t27-/m0/s1. The number of thiazole rings is 1. The molecule has 3 aromatic carbocycles. The molecule has 0 fully saturated rings. The number of hydrogen-bond donors (Lipinski definition) is 1. The van der Waals surface area contributed by atoms with Crippen LogP contribution in [0.4, 0.5) is 0 Å². The molecular formula is C32H26Cl2N2O7S. The molecule has 4 aromatic rings. The minimum absolute atomic E-state index is 0.0575. The zero-order chi connectivity index (χ0) is 31.5. The van der Waals surface area contributed by atoms with E-state index in [1.54, 1.807) is 68.5 Å². The van der Waals surface area contributed by atoms with E-state index in [0.717, 1.165) is 0 Å². The Hall–Kier alpha value is -4.38. The van der Waals surface area contributed by atoms with Crippen molar-refractivity contribution in [2.24, 2.45) is 4.99 Å². The van der Waals surface area contributed by atoms with E-state index in [1.807, 2.05) is 0 Å². The number of allylic oxidation sites excluding steroid dienone is 1. The molecule has 1 aliphatic rings. The van der Waals surface area contributed by atoms with E-state index in [2.05, 4.69) is 4.99 Å². The highest BCUT2D eigenvalue weighted by Gasteiger charge is 2.33. The van der Waals surface area contributed by atoms with Crippen LogP contribution >= 0.6 is 34.5 Å². The summed E-state index contributed by atoms with van der Waals surface area (Å²) < 4.78 is 18.6. The Bertz CT molecular complexity index is 1980. The van der Waals surface area contributed by atoms with E-state index in [9.17, 15) is 19.5 Å². The van der Waals surface area contributed by atoms with Crippen molar-refractivity contribution >= 4 is 52.6 Å². The number of methoxy groups -OCH3 is 1. The van der Waals surface area contributed by atoms with Crippen LogP contribution in [-0.4, -0.2) is 35.3 Å². The molecule has 9 nitrogen and oxygen atoms in total. The molecule has 0 bridgehead atoms. The third-order valence-electron chi connectivity index (χ3n) is 6.81. The molecule has 226 valence electrons. The topological polar surface area (TPSA) is 116 Å². The van der Waals surface area contributed by atoms with E-state index in [1.165, 1.54) is 35.1 Å². The van der Waals surface area contributed by atoms with Crippen molar-refractivity contribution in [2.45, 2.75) is 26.5 Å². The molecule has 1 atom stereocenters. The van der Waals surface area contributed by atoms with Gasteiger partial charge >= 0.3 is 11.9 Å². The van der Waals surface area contributed by atoms with E-state index in [0.29, 0.717) is 42.5 Å². The summed E-state index contributed by atoms with van der Waals surface area (Å²) in [5.41, 5.74) is 2.41. The SMILES string of the molecule is CCOC(=O)C1=C(C)N=c2s/c(=C/c3cc(Cl)c(OCc4cccc(C(=O)O)c4)c(OC)c3)c(=O)n2[C@H]1c1ccc(Cl)cc1. The van der Waals surface area contributed by atoms with Gasteiger partial charge in [-0.3, -0.25) is 9.36 Å². The van der Waals surface area contributed by atoms with Gasteiger partial charge in [-0.15, -0.1) is 0 Å². The molecule has 1 aliphatic heterocycles. The van der Waals surface area contributed by atoms with Crippen molar-refractivity contribution in [2.75, 3.05) is 13.7 Å². The molecule has 12 heteroatoms. The average Bonchev–Trinajstić information content (AvgIpc) is 3.30. The number of carbonyl (C=O) groups is 2. The van der Waals surface area contributed by atoms with Gasteiger partial charge in [0.2, 0.25) is 0 Å². The summed E-state index contributed by atoms with van der Waals surface area (Å²) in [5, 5.41) is 10.0. The Kier molecular flexibility index (Phi) is 9.24. The van der Waals surface area contributed by atoms with Crippen molar-refractivity contribution in [1.29, 1.82) is 0 Å². The first kappa shape index (κ1) is 31.1. The lowest BCUT2D eigenvalue weighted by Gasteiger charge is -2.24. The van der Waals surface area contributed by atoms with Crippen LogP contribution in [-0.2, 0) is 16.1 Å². The zero-order valence-electron chi connectivity index (χ0n) is 23.8. The van der Waals surface area contributed by atoms with E-state index in [-0.39, 0.29) is 40.7 Å². The fourth-order valence-electron chi connectivity index (χ4n) is 4.82. The van der Waals surface area contributed by atoms with Crippen molar-refractivity contribution in [3.05, 3.63) is 124 Å². The van der Waals surface area contributed by atoms with Crippen LogP contribution in [0.2, 0.25) is 10.0 Å². The van der Waals surface area contributed by atoms with Crippen molar-refractivity contribution in [3.63, 3.8) is 0 Å². The smallest absolute Gasteiger partial charge is 0.338 e. The molecule has 44 heavy (non-hydrogen) atoms. The number of fused-ring (bicyclic) bond motifs is 1. The van der Waals surface area contributed by atoms with Crippen molar-refractivity contribution < 1.29 is 28.9 Å². The Balaban J connectivity index is 1.55. The second-order valence-corrected chi connectivity index (χ2v) is 11.5. The van der Waals surface area contributed by atoms with Crippen LogP contribution in [0.3, 0.4) is 0 Å². The third-order valence-corrected chi connectivity index (χ3v) is 8.33. The molecule has 0 radical (unpaired) electrons. The first-order valence-corrected chi connectivity index (χ1v) is 15.0. The quantitative estimate of drug-likeness (QED) is 0.241. The zero-order valence-corrected chi connectivity index (χ0v) is 26.1. The van der Waals surface area contributed by atoms with Crippen molar-refractivity contribution in [3.8, 4) is 11.5 Å². The summed E-state index contributed by atoms with van der Waals surface area (Å²) in [5.74, 6) is -0.995. The van der Waals surface area contributed by atoms with Gasteiger partial charge in [0.15, 0.2) is 16.3 Å². The Morgan fingerprint density at radius 3 is 2.55 bits per heavy atom. The number of esters is 1. The Morgan fingerprint density at radius 2 is 1.86 bits per heavy atom. The van der Waals surface area contributed by atoms with E-state index >= 15 is 0 Å². The summed E-state index contributed by atoms with van der Waals surface area (Å²) in [6, 6.07) is 15.9. The fourth-order valence-corrected chi connectivity index (χ4v) is 6.26. The second kappa shape index (κ2) is 13.1. The number of ether oxygens (including phenoxy) is 3. The van der Waals surface area contributed by atoms with Crippen LogP contribution < -0.4 is 24.4 Å². The number of aromatic nitrogens is 1. The van der Waals surface area contributed by atoms with Crippen LogP contribution in [0.15, 0.2) is 81.7 Å². The molecule has 0 aliphatic carbocycles. The molecule has 0 saturated carbocycles. The number of benzene rings is 3. The van der Waals surface area contributed by atoms with Gasteiger partial charge in [0.25, 0.3) is 5.56 Å². The van der Waals surface area contributed by atoms with Gasteiger partial charge in [0, 0.05) is 5.02 Å². The average molecular weight is 654 g/mol. The highest BCUT2D eigenvalue weighted by Crippen LogP contribution is 2.37. The molecule has 1 aromatic heterocycles. The summed E-state index contributed by atoms with van der Waals surface area (Å²) in [6.07, 6.45) is 1.67. The van der Waals surface area contributed by atoms with Crippen LogP contribution in [0.5, 0.6) is 11.5 Å². The van der Waals surface area contributed by atoms with Gasteiger partial charge in [0.05, 0.1) is 46.1 Å². The highest BCUT2D eigenvalue weighted by atomic mass is 35.5. The highest BCUT2D eigenvalue weighted by molar-refractivity contribution is 7.07. The maximum atomic E-state index is 13.9. The van der Waals surface area contributed by atoms with Crippen LogP contribution in [0, 0.1) is 0 Å². The number of rotatable bonds is 9. The van der Waals surface area contributed by atoms with E-state index in [4.69, 9.17) is 37.4 Å². The minimum atomic E-state index is -1.04. The Labute approximate surface area is 265 Å². The van der Waals surface area contributed by atoms with Gasteiger partial charge in [-0.2, -0.15) is 0 Å². The predicted octanol–water partition coefficient (Wildman–Crippen LogP) is 5.39. The predicted molar refractivity (Wildman–Crippen MR) is 168 cm³/mol. The number of carbonyl (C=O) groups excluding carboxylic acids is 1. The van der Waals surface area contributed by atoms with Gasteiger partial charge in [0.1, 0.15) is 6.61 Å². The van der Waals surface area contributed by atoms with Gasteiger partial charge in [-0.25, -0.2) is 14.6 Å². The number of halogens is 2. The number of hydrogen-bond acceptors (Lipinski definition) is 8. The Morgan fingerprint density at radius 1 is 1.11 bits per heavy atom. The number of carboxylic acids is 1. The van der Waals surface area contributed by atoms with Crippen molar-refractivity contribution in [1.82, 2.24) is 4.57 Å². The van der Waals surface area contributed by atoms with Gasteiger partial charge < -0.3 is 19.3 Å². The molecule has 0 unspecified atom stereocenters. The number of carboxylic acid groups (broad SMARTS) is 1. The maximum Gasteiger partial charge on any atom is 0.338 e. The summed E-state index contributed by atoms with van der Waals surface area (Å²) >= 11 is 13.9. The second-order valence-electron chi connectivity index (χ2n) is 9.68. The van der Waals surface area contributed by atoms with Crippen LogP contribution in [0.1, 0.15) is 46.9 Å². The first-order chi connectivity index (χ1) is 21.1. The fraction of sp³-hybridized carbons (Fsp3) is 0.188. The lowest BCUT2D eigenvalue weighted by molar-refractivity contribution is -0.139. The molecule has 2 heterocycles. The van der Waals surface area contributed by atoms with Gasteiger partial charge in [-0.1, -0.05) is 58.8 Å². The molecule has 5 rings (SSSR count). The molecule has 1 N–H and O–H groups in total. The molecule has 0 saturated heterocycles. The molecular weight excluding hydrogens is 627 g/mol. The number of aromatic carboxylic acids is 1. The third kappa shape index (κ3) is 6.28. The normalized spacial score (nSPS) is 14.6. The summed E-state index contributed by atoms with van der Waals surface area (Å²) in [4.78, 5) is 43.3. The lowest BCUT2D eigenvalue weighted by Crippen LogP contribution is -2.39. The minimum Gasteiger partial charge on any atom is -0.493 e. The maximum absolute atomic E-state index is 13.9. The van der Waals surface area contributed by atoms with E-state index < -0.39 is 18.0 Å². The summed E-state index contributed by atoms with van der Waals surface area (Å²) in [6.45, 7) is 3.66. The molecule has 0 amide bonds. The largest absolute Gasteiger partial charge is 0.493 e. The lowest BCUT2D eigenvalue weighted by atomic mass is 9.96. The monoisotopic (exact) mass is 652 g/mol. The first-order valence-electron chi connectivity index (χ1n) is 13.4. The van der Waals surface area contributed by atoms with Gasteiger partial charge in [-0.05, 0) is 73.0 Å². The van der Waals surface area contributed by atoms with Crippen LogP contribution in [0.25, 0.3) is 6.08 Å². The summed E-state index contributed by atoms with van der Waals surface area (Å²) in [7, 11) is 1.47. The molecule has 0 spiro atoms. The number of nitrogens with zero attached hydrogens (tertiary/aromatic N) is 2.